The molecule has 2 rings (SSSR count). The summed E-state index contributed by atoms with van der Waals surface area (Å²) >= 11 is 0. The predicted octanol–water partition coefficient (Wildman–Crippen LogP) is 0.0414. The molecule has 0 radical (unpaired) electrons. The Morgan fingerprint density at radius 3 is 2.87 bits per heavy atom. The smallest absolute Gasteiger partial charge is 0.216 e. The Kier molecular flexibility index (Phi) is 2.70. The molecule has 0 aromatic heterocycles. The zero-order valence-corrected chi connectivity index (χ0v) is 9.28. The zero-order valence-electron chi connectivity index (χ0n) is 9.28. The second kappa shape index (κ2) is 3.73. The Balaban J connectivity index is 1.91. The summed E-state index contributed by atoms with van der Waals surface area (Å²) in [6.45, 7) is 6.29. The van der Waals surface area contributed by atoms with Crippen molar-refractivity contribution in [3.63, 3.8) is 0 Å². The van der Waals surface area contributed by atoms with E-state index >= 15 is 0 Å². The van der Waals surface area contributed by atoms with Crippen molar-refractivity contribution in [3.05, 3.63) is 0 Å². The number of hydrogen-bond acceptors (Lipinski definition) is 4. The van der Waals surface area contributed by atoms with E-state index in [-0.39, 0.29) is 24.2 Å². The molecule has 5 nitrogen and oxygen atoms in total. The lowest BCUT2D eigenvalue weighted by atomic mass is 10.1. The zero-order chi connectivity index (χ0) is 11.1. The van der Waals surface area contributed by atoms with Crippen LogP contribution >= 0.6 is 0 Å². The molecule has 86 valence electrons. The summed E-state index contributed by atoms with van der Waals surface area (Å²) in [5.74, 6) is -0.589. The number of hydrogen-bond donors (Lipinski definition) is 1. The monoisotopic (exact) mass is 215 g/mol. The van der Waals surface area contributed by atoms with Gasteiger partial charge in [0.15, 0.2) is 5.79 Å². The summed E-state index contributed by atoms with van der Waals surface area (Å²) < 4.78 is 16.9. The number of nitrogens with one attached hydrogen (secondary N) is 1. The Labute approximate surface area is 89.1 Å². The Hall–Kier alpha value is -0.650. The van der Waals surface area contributed by atoms with Gasteiger partial charge in [-0.15, -0.1) is 0 Å². The molecule has 5 heteroatoms. The minimum absolute atomic E-state index is 0.00115. The minimum Gasteiger partial charge on any atom is -0.371 e. The second-order valence-electron chi connectivity index (χ2n) is 4.45. The van der Waals surface area contributed by atoms with Crippen molar-refractivity contribution in [2.45, 2.75) is 44.9 Å². The number of carbonyl (C=O) groups is 1. The lowest BCUT2D eigenvalue weighted by Gasteiger charge is -2.21. The lowest BCUT2D eigenvalue weighted by Crippen LogP contribution is -2.39. The van der Waals surface area contributed by atoms with E-state index in [0.717, 1.165) is 0 Å². The number of amides is 1. The molecule has 2 heterocycles. The average molecular weight is 215 g/mol. The Morgan fingerprint density at radius 2 is 2.20 bits per heavy atom. The predicted molar refractivity (Wildman–Crippen MR) is 52.2 cm³/mol. The Bertz CT molecular complexity index is 266. The average Bonchev–Trinajstić information content (AvgIpc) is 2.56. The van der Waals surface area contributed by atoms with Gasteiger partial charge in [0, 0.05) is 13.5 Å². The van der Waals surface area contributed by atoms with Gasteiger partial charge in [-0.25, -0.2) is 0 Å². The fourth-order valence-electron chi connectivity index (χ4n) is 2.04. The van der Waals surface area contributed by atoms with Crippen LogP contribution in [0.2, 0.25) is 0 Å². The number of rotatable bonds is 2. The summed E-state index contributed by atoms with van der Waals surface area (Å²) in [5.41, 5.74) is 0. The van der Waals surface area contributed by atoms with Crippen molar-refractivity contribution in [1.29, 1.82) is 0 Å². The molecule has 0 aliphatic carbocycles. The maximum Gasteiger partial charge on any atom is 0.216 e. The van der Waals surface area contributed by atoms with Crippen LogP contribution in [-0.2, 0) is 19.0 Å². The molecule has 0 bridgehead atoms. The first-order valence-electron chi connectivity index (χ1n) is 5.19. The van der Waals surface area contributed by atoms with E-state index in [1.54, 1.807) is 0 Å². The lowest BCUT2D eigenvalue weighted by molar-refractivity contribution is -0.174. The van der Waals surface area contributed by atoms with Crippen molar-refractivity contribution in [3.8, 4) is 0 Å². The third kappa shape index (κ3) is 2.30. The van der Waals surface area contributed by atoms with Gasteiger partial charge < -0.3 is 19.5 Å². The maximum absolute atomic E-state index is 10.8. The van der Waals surface area contributed by atoms with Gasteiger partial charge in [-0.05, 0) is 13.8 Å². The van der Waals surface area contributed by atoms with E-state index in [1.807, 2.05) is 13.8 Å². The largest absolute Gasteiger partial charge is 0.371 e. The van der Waals surface area contributed by atoms with Crippen molar-refractivity contribution >= 4 is 5.91 Å². The molecule has 0 unspecified atom stereocenters. The highest BCUT2D eigenvalue weighted by Gasteiger charge is 2.49. The molecular weight excluding hydrogens is 198 g/mol. The third-order valence-electron chi connectivity index (χ3n) is 2.61. The van der Waals surface area contributed by atoms with E-state index in [2.05, 4.69) is 5.32 Å². The molecule has 1 N–H and O–H groups in total. The van der Waals surface area contributed by atoms with Gasteiger partial charge in [-0.2, -0.15) is 0 Å². The number of fused-ring (bicyclic) bond motifs is 1. The first-order chi connectivity index (χ1) is 6.98. The number of ether oxygens (including phenoxy) is 3. The van der Waals surface area contributed by atoms with Crippen molar-refractivity contribution < 1.29 is 19.0 Å². The van der Waals surface area contributed by atoms with Gasteiger partial charge in [-0.3, -0.25) is 4.79 Å². The van der Waals surface area contributed by atoms with Crippen LogP contribution in [0.15, 0.2) is 0 Å². The van der Waals surface area contributed by atoms with Crippen LogP contribution < -0.4 is 5.32 Å². The first kappa shape index (κ1) is 10.9. The summed E-state index contributed by atoms with van der Waals surface area (Å²) in [6, 6.07) is 0. The van der Waals surface area contributed by atoms with Gasteiger partial charge in [0.05, 0.1) is 6.61 Å². The summed E-state index contributed by atoms with van der Waals surface area (Å²) in [6.07, 6.45) is -0.161. The fourth-order valence-corrected chi connectivity index (χ4v) is 2.04. The van der Waals surface area contributed by atoms with Crippen LogP contribution in [-0.4, -0.2) is 43.2 Å². The van der Waals surface area contributed by atoms with Crippen LogP contribution in [0.3, 0.4) is 0 Å². The van der Waals surface area contributed by atoms with Gasteiger partial charge in [0.25, 0.3) is 0 Å². The molecule has 3 atom stereocenters. The molecule has 2 aliphatic heterocycles. The van der Waals surface area contributed by atoms with Gasteiger partial charge in [0.2, 0.25) is 5.91 Å². The molecular formula is C10H17NO4. The highest BCUT2D eigenvalue weighted by molar-refractivity contribution is 5.72. The summed E-state index contributed by atoms with van der Waals surface area (Å²) in [5, 5.41) is 2.73. The molecule has 0 saturated carbocycles. The molecule has 2 saturated heterocycles. The third-order valence-corrected chi connectivity index (χ3v) is 2.61. The normalized spacial score (nSPS) is 37.7. The second-order valence-corrected chi connectivity index (χ2v) is 4.45. The van der Waals surface area contributed by atoms with Gasteiger partial charge in [0.1, 0.15) is 18.3 Å². The van der Waals surface area contributed by atoms with Gasteiger partial charge in [-0.1, -0.05) is 0 Å². The molecule has 15 heavy (non-hydrogen) atoms. The molecule has 1 amide bonds. The van der Waals surface area contributed by atoms with Crippen molar-refractivity contribution in [2.24, 2.45) is 0 Å². The maximum atomic E-state index is 10.8. The van der Waals surface area contributed by atoms with Crippen LogP contribution in [0, 0.1) is 0 Å². The highest BCUT2D eigenvalue weighted by Crippen LogP contribution is 2.34. The van der Waals surface area contributed by atoms with Crippen LogP contribution in [0.4, 0.5) is 0 Å². The van der Waals surface area contributed by atoms with E-state index in [1.165, 1.54) is 6.92 Å². The highest BCUT2D eigenvalue weighted by atomic mass is 16.8. The summed E-state index contributed by atoms with van der Waals surface area (Å²) in [4.78, 5) is 10.8. The van der Waals surface area contributed by atoms with Crippen LogP contribution in [0.25, 0.3) is 0 Å². The van der Waals surface area contributed by atoms with Crippen LogP contribution in [0.1, 0.15) is 20.8 Å². The quantitative estimate of drug-likeness (QED) is 0.706. The SMILES string of the molecule is CC(=O)NC[C@@H]1OC[C@H]2OC(C)(C)O[C@@H]12. The van der Waals surface area contributed by atoms with E-state index in [9.17, 15) is 4.79 Å². The Morgan fingerprint density at radius 1 is 1.47 bits per heavy atom. The van der Waals surface area contributed by atoms with E-state index in [0.29, 0.717) is 13.2 Å². The van der Waals surface area contributed by atoms with Crippen molar-refractivity contribution in [2.75, 3.05) is 13.2 Å². The molecule has 0 aromatic rings. The molecule has 2 fully saturated rings. The standard InChI is InChI=1S/C10H17NO4/c1-6(12)11-4-7-9-8(5-13-7)14-10(2,3)15-9/h7-9H,4-5H2,1-3H3,(H,11,12)/t7-,8+,9-/m0/s1. The van der Waals surface area contributed by atoms with Crippen molar-refractivity contribution in [1.82, 2.24) is 5.32 Å². The summed E-state index contributed by atoms with van der Waals surface area (Å²) in [7, 11) is 0. The topological polar surface area (TPSA) is 56.8 Å². The first-order valence-corrected chi connectivity index (χ1v) is 5.19. The molecule has 0 spiro atoms. The molecule has 0 aromatic carbocycles. The number of carbonyl (C=O) groups excluding carboxylic acids is 1. The molecule has 2 aliphatic rings. The minimum atomic E-state index is -0.534. The fraction of sp³-hybridized carbons (Fsp3) is 0.900. The van der Waals surface area contributed by atoms with Gasteiger partial charge >= 0.3 is 0 Å². The van der Waals surface area contributed by atoms with E-state index in [4.69, 9.17) is 14.2 Å². The van der Waals surface area contributed by atoms with Crippen LogP contribution in [0.5, 0.6) is 0 Å². The van der Waals surface area contributed by atoms with E-state index < -0.39 is 5.79 Å².